The average molecular weight is 334 g/mol. The number of amides is 2. The molecule has 7 heteroatoms. The summed E-state index contributed by atoms with van der Waals surface area (Å²) in [6, 6.07) is 3.39. The first-order valence-electron chi connectivity index (χ1n) is 8.30. The Hall–Kier alpha value is -2.15. The normalized spacial score (nSPS) is 15.9. The molecule has 1 aromatic heterocycles. The van der Waals surface area contributed by atoms with Crippen LogP contribution in [0.25, 0.3) is 0 Å². The van der Waals surface area contributed by atoms with Crippen LogP contribution >= 0.6 is 0 Å². The predicted octanol–water partition coefficient (Wildman–Crippen LogP) is 0.695. The summed E-state index contributed by atoms with van der Waals surface area (Å²) in [6.45, 7) is 8.73. The van der Waals surface area contributed by atoms with Gasteiger partial charge in [-0.25, -0.2) is 4.98 Å². The zero-order valence-electron chi connectivity index (χ0n) is 14.5. The quantitative estimate of drug-likeness (QED) is 0.800. The zero-order chi connectivity index (χ0) is 17.5. The molecule has 1 aliphatic rings. The maximum atomic E-state index is 12.2. The third kappa shape index (κ3) is 5.19. The first-order valence-corrected chi connectivity index (χ1v) is 8.30. The van der Waals surface area contributed by atoms with E-state index in [4.69, 9.17) is 4.74 Å². The zero-order valence-corrected chi connectivity index (χ0v) is 14.5. The van der Waals surface area contributed by atoms with E-state index in [-0.39, 0.29) is 17.7 Å². The maximum Gasteiger partial charge on any atom is 0.243 e. The smallest absolute Gasteiger partial charge is 0.243 e. The van der Waals surface area contributed by atoms with Crippen LogP contribution in [-0.4, -0.2) is 49.1 Å². The molecule has 0 aliphatic carbocycles. The molecule has 1 saturated heterocycles. The Morgan fingerprint density at radius 1 is 1.29 bits per heavy atom. The molecule has 1 aromatic rings. The summed E-state index contributed by atoms with van der Waals surface area (Å²) in [6.07, 6.45) is 1.77. The number of hydrogen-bond donors (Lipinski definition) is 2. The van der Waals surface area contributed by atoms with Gasteiger partial charge in [0.1, 0.15) is 11.9 Å². The molecule has 2 rings (SSSR count). The van der Waals surface area contributed by atoms with E-state index in [1.54, 1.807) is 6.20 Å². The van der Waals surface area contributed by atoms with E-state index in [1.807, 2.05) is 26.0 Å². The molecule has 1 aliphatic heterocycles. The second-order valence-corrected chi connectivity index (χ2v) is 6.26. The Morgan fingerprint density at radius 3 is 2.54 bits per heavy atom. The highest BCUT2D eigenvalue weighted by Crippen LogP contribution is 2.13. The lowest BCUT2D eigenvalue weighted by Gasteiger charge is -2.27. The van der Waals surface area contributed by atoms with Gasteiger partial charge in [-0.1, -0.05) is 19.9 Å². The molecular weight excluding hydrogens is 308 g/mol. The number of pyridine rings is 1. The molecule has 24 heavy (non-hydrogen) atoms. The van der Waals surface area contributed by atoms with Gasteiger partial charge in [0.2, 0.25) is 11.8 Å². The van der Waals surface area contributed by atoms with Crippen LogP contribution in [0.5, 0.6) is 0 Å². The third-order valence-corrected chi connectivity index (χ3v) is 3.92. The monoisotopic (exact) mass is 334 g/mol. The van der Waals surface area contributed by atoms with Gasteiger partial charge in [-0.05, 0) is 17.5 Å². The molecule has 0 aromatic carbocycles. The van der Waals surface area contributed by atoms with Crippen molar-refractivity contribution in [1.82, 2.24) is 15.6 Å². The van der Waals surface area contributed by atoms with Gasteiger partial charge in [0, 0.05) is 32.8 Å². The Balaban J connectivity index is 1.88. The topological polar surface area (TPSA) is 83.6 Å². The maximum absolute atomic E-state index is 12.2. The van der Waals surface area contributed by atoms with Crippen LogP contribution in [0.1, 0.15) is 26.3 Å². The summed E-state index contributed by atoms with van der Waals surface area (Å²) in [5.41, 5.74) is 0.922. The fraction of sp³-hybridized carbons (Fsp3) is 0.588. The highest BCUT2D eigenvalue weighted by Gasteiger charge is 2.22. The molecule has 0 spiro atoms. The molecule has 1 fully saturated rings. The molecule has 0 bridgehead atoms. The number of rotatable bonds is 6. The van der Waals surface area contributed by atoms with E-state index < -0.39 is 6.04 Å². The molecule has 0 saturated carbocycles. The van der Waals surface area contributed by atoms with Crippen molar-refractivity contribution in [3.63, 3.8) is 0 Å². The molecule has 0 radical (unpaired) electrons. The minimum atomic E-state index is -0.525. The van der Waals surface area contributed by atoms with Gasteiger partial charge in [0.15, 0.2) is 0 Å². The fourth-order valence-electron chi connectivity index (χ4n) is 2.55. The molecule has 2 amide bonds. The van der Waals surface area contributed by atoms with E-state index >= 15 is 0 Å². The lowest BCUT2D eigenvalue weighted by Crippen LogP contribution is -2.48. The van der Waals surface area contributed by atoms with Crippen molar-refractivity contribution in [2.24, 2.45) is 5.92 Å². The van der Waals surface area contributed by atoms with Crippen LogP contribution in [0.2, 0.25) is 0 Å². The molecular formula is C17H26N4O3. The first kappa shape index (κ1) is 18.2. The number of nitrogens with one attached hydrogen (secondary N) is 2. The highest BCUT2D eigenvalue weighted by molar-refractivity contribution is 5.87. The Kier molecular flexibility index (Phi) is 6.54. The van der Waals surface area contributed by atoms with Gasteiger partial charge >= 0.3 is 0 Å². The van der Waals surface area contributed by atoms with Gasteiger partial charge in [-0.15, -0.1) is 0 Å². The number of anilines is 1. The van der Waals surface area contributed by atoms with Crippen LogP contribution < -0.4 is 15.5 Å². The number of aromatic nitrogens is 1. The van der Waals surface area contributed by atoms with E-state index in [0.29, 0.717) is 6.54 Å². The summed E-state index contributed by atoms with van der Waals surface area (Å²) in [5, 5.41) is 5.54. The van der Waals surface area contributed by atoms with Gasteiger partial charge in [-0.2, -0.15) is 0 Å². The minimum Gasteiger partial charge on any atom is -0.378 e. The molecule has 132 valence electrons. The summed E-state index contributed by atoms with van der Waals surface area (Å²) >= 11 is 0. The lowest BCUT2D eigenvalue weighted by atomic mass is 10.0. The van der Waals surface area contributed by atoms with Crippen LogP contribution in [0.4, 0.5) is 5.82 Å². The third-order valence-electron chi connectivity index (χ3n) is 3.92. The van der Waals surface area contributed by atoms with Crippen LogP contribution in [0, 0.1) is 5.92 Å². The van der Waals surface area contributed by atoms with Crippen molar-refractivity contribution >= 4 is 17.6 Å². The summed E-state index contributed by atoms with van der Waals surface area (Å²) < 4.78 is 5.33. The fourth-order valence-corrected chi connectivity index (χ4v) is 2.55. The van der Waals surface area contributed by atoms with Gasteiger partial charge in [-0.3, -0.25) is 9.59 Å². The molecule has 1 unspecified atom stereocenters. The highest BCUT2D eigenvalue weighted by atomic mass is 16.5. The number of carbonyl (C=O) groups excluding carboxylic acids is 2. The molecule has 1 atom stereocenters. The average Bonchev–Trinajstić information content (AvgIpc) is 2.58. The molecule has 2 heterocycles. The second kappa shape index (κ2) is 8.63. The van der Waals surface area contributed by atoms with Crippen molar-refractivity contribution in [2.75, 3.05) is 31.2 Å². The van der Waals surface area contributed by atoms with Crippen molar-refractivity contribution in [3.8, 4) is 0 Å². The van der Waals surface area contributed by atoms with E-state index in [9.17, 15) is 9.59 Å². The largest absolute Gasteiger partial charge is 0.378 e. The van der Waals surface area contributed by atoms with Crippen molar-refractivity contribution in [1.29, 1.82) is 0 Å². The summed E-state index contributed by atoms with van der Waals surface area (Å²) in [4.78, 5) is 30.1. The molecule has 2 N–H and O–H groups in total. The Bertz CT molecular complexity index is 553. The number of carbonyl (C=O) groups is 2. The first-order chi connectivity index (χ1) is 11.5. The number of hydrogen-bond acceptors (Lipinski definition) is 5. The minimum absolute atomic E-state index is 0.0238. The van der Waals surface area contributed by atoms with E-state index in [0.717, 1.165) is 37.7 Å². The van der Waals surface area contributed by atoms with Crippen molar-refractivity contribution in [2.45, 2.75) is 33.4 Å². The van der Waals surface area contributed by atoms with E-state index in [2.05, 4.69) is 20.5 Å². The summed E-state index contributed by atoms with van der Waals surface area (Å²) in [7, 11) is 0. The van der Waals surface area contributed by atoms with Crippen LogP contribution in [0.3, 0.4) is 0 Å². The van der Waals surface area contributed by atoms with Crippen LogP contribution in [0.15, 0.2) is 18.3 Å². The summed E-state index contributed by atoms with van der Waals surface area (Å²) in [5.74, 6) is 0.556. The Labute approximate surface area is 142 Å². The molecule has 7 nitrogen and oxygen atoms in total. The van der Waals surface area contributed by atoms with Gasteiger partial charge in [0.25, 0.3) is 0 Å². The second-order valence-electron chi connectivity index (χ2n) is 6.26. The predicted molar refractivity (Wildman–Crippen MR) is 91.6 cm³/mol. The van der Waals surface area contributed by atoms with E-state index in [1.165, 1.54) is 6.92 Å². The lowest BCUT2D eigenvalue weighted by molar-refractivity contribution is -0.129. The number of morpholine rings is 1. The van der Waals surface area contributed by atoms with Crippen LogP contribution in [-0.2, 0) is 20.9 Å². The SMILES string of the molecule is CC(=O)NC(C(=O)NCc1ccc(N2CCOCC2)nc1)C(C)C. The van der Waals surface area contributed by atoms with Crippen molar-refractivity contribution in [3.05, 3.63) is 23.9 Å². The standard InChI is InChI=1S/C17H26N4O3/c1-12(2)16(20-13(3)22)17(23)19-11-14-4-5-15(18-10-14)21-6-8-24-9-7-21/h4-5,10,12,16H,6-9,11H2,1-3H3,(H,19,23)(H,20,22). The number of ether oxygens (including phenoxy) is 1. The van der Waals surface area contributed by atoms with Gasteiger partial charge in [0.05, 0.1) is 13.2 Å². The van der Waals surface area contributed by atoms with Crippen molar-refractivity contribution < 1.29 is 14.3 Å². The number of nitrogens with zero attached hydrogens (tertiary/aromatic N) is 2. The Morgan fingerprint density at radius 2 is 2.00 bits per heavy atom. The van der Waals surface area contributed by atoms with Gasteiger partial charge < -0.3 is 20.3 Å².